The van der Waals surface area contributed by atoms with Gasteiger partial charge in [0.25, 0.3) is 0 Å². The normalized spacial score (nSPS) is 10.1. The van der Waals surface area contributed by atoms with Crippen LogP contribution in [-0.2, 0) is 0 Å². The van der Waals surface area contributed by atoms with Crippen LogP contribution in [0, 0.1) is 5.82 Å². The molecule has 1 aromatic rings. The standard InChI is InChI=1S/C8H5Br2FO2/c9-3-8(13)4-1-6(11)5(10)2-7(4)12/h1-2,12H,3H2. The van der Waals surface area contributed by atoms with Crippen molar-refractivity contribution in [2.75, 3.05) is 5.33 Å². The number of halogens is 3. The SMILES string of the molecule is O=C(CBr)c1cc(F)c(Br)cc1O. The van der Waals surface area contributed by atoms with Gasteiger partial charge >= 0.3 is 0 Å². The van der Waals surface area contributed by atoms with E-state index >= 15 is 0 Å². The molecule has 0 spiro atoms. The summed E-state index contributed by atoms with van der Waals surface area (Å²) in [7, 11) is 0. The maximum absolute atomic E-state index is 12.9. The number of phenols is 1. The molecule has 0 aliphatic rings. The highest BCUT2D eigenvalue weighted by atomic mass is 79.9. The zero-order valence-electron chi connectivity index (χ0n) is 6.35. The number of hydrogen-bond acceptors (Lipinski definition) is 2. The van der Waals surface area contributed by atoms with Crippen molar-refractivity contribution in [1.82, 2.24) is 0 Å². The number of ketones is 1. The fraction of sp³-hybridized carbons (Fsp3) is 0.125. The highest BCUT2D eigenvalue weighted by Crippen LogP contribution is 2.26. The summed E-state index contributed by atoms with van der Waals surface area (Å²) in [5.74, 6) is -1.15. The van der Waals surface area contributed by atoms with Crippen LogP contribution >= 0.6 is 31.9 Å². The average Bonchev–Trinajstić information content (AvgIpc) is 2.10. The lowest BCUT2D eigenvalue weighted by molar-refractivity contribution is 0.102. The van der Waals surface area contributed by atoms with E-state index in [-0.39, 0.29) is 26.9 Å². The van der Waals surface area contributed by atoms with Gasteiger partial charge in [-0.05, 0) is 28.1 Å². The number of carbonyl (C=O) groups excluding carboxylic acids is 1. The van der Waals surface area contributed by atoms with Gasteiger partial charge in [0.2, 0.25) is 0 Å². The van der Waals surface area contributed by atoms with Gasteiger partial charge in [-0.25, -0.2) is 4.39 Å². The Morgan fingerprint density at radius 1 is 1.54 bits per heavy atom. The molecule has 0 saturated heterocycles. The highest BCUT2D eigenvalue weighted by Gasteiger charge is 2.13. The van der Waals surface area contributed by atoms with Crippen LogP contribution in [0.15, 0.2) is 16.6 Å². The Morgan fingerprint density at radius 2 is 2.15 bits per heavy atom. The zero-order chi connectivity index (χ0) is 10.0. The van der Waals surface area contributed by atoms with E-state index in [9.17, 15) is 14.3 Å². The van der Waals surface area contributed by atoms with Crippen LogP contribution in [0.25, 0.3) is 0 Å². The Morgan fingerprint density at radius 3 is 2.69 bits per heavy atom. The molecule has 2 nitrogen and oxygen atoms in total. The topological polar surface area (TPSA) is 37.3 Å². The van der Waals surface area contributed by atoms with Crippen LogP contribution < -0.4 is 0 Å². The third-order valence-corrected chi connectivity index (χ3v) is 2.58. The van der Waals surface area contributed by atoms with Crippen molar-refractivity contribution in [3.05, 3.63) is 28.0 Å². The van der Waals surface area contributed by atoms with E-state index in [0.717, 1.165) is 12.1 Å². The number of rotatable bonds is 2. The lowest BCUT2D eigenvalue weighted by Crippen LogP contribution is -2.01. The van der Waals surface area contributed by atoms with Gasteiger partial charge in [-0.3, -0.25) is 4.79 Å². The Balaban J connectivity index is 3.23. The number of aromatic hydroxyl groups is 1. The number of hydrogen-bond donors (Lipinski definition) is 1. The number of Topliss-reactive ketones (excluding diaryl/α,β-unsaturated/α-hetero) is 1. The molecular formula is C8H5Br2FO2. The molecule has 1 N–H and O–H groups in total. The second kappa shape index (κ2) is 4.19. The van der Waals surface area contributed by atoms with Crippen molar-refractivity contribution >= 4 is 37.6 Å². The third-order valence-electron chi connectivity index (χ3n) is 1.46. The first-order chi connectivity index (χ1) is 6.06. The van der Waals surface area contributed by atoms with Crippen molar-refractivity contribution in [2.45, 2.75) is 0 Å². The molecule has 0 radical (unpaired) electrons. The first kappa shape index (κ1) is 10.7. The Hall–Kier alpha value is -0.420. The van der Waals surface area contributed by atoms with Gasteiger partial charge in [0.05, 0.1) is 15.4 Å². The molecule has 0 amide bonds. The second-order valence-corrected chi connectivity index (χ2v) is 3.76. The van der Waals surface area contributed by atoms with Gasteiger partial charge in [0.15, 0.2) is 5.78 Å². The summed E-state index contributed by atoms with van der Waals surface area (Å²) in [4.78, 5) is 11.1. The highest BCUT2D eigenvalue weighted by molar-refractivity contribution is 9.10. The average molecular weight is 312 g/mol. The molecule has 13 heavy (non-hydrogen) atoms. The van der Waals surface area contributed by atoms with Crippen LogP contribution in [0.2, 0.25) is 0 Å². The van der Waals surface area contributed by atoms with Gasteiger partial charge in [0, 0.05) is 0 Å². The molecule has 1 aromatic carbocycles. The lowest BCUT2D eigenvalue weighted by Gasteiger charge is -2.02. The first-order valence-corrected chi connectivity index (χ1v) is 5.25. The van der Waals surface area contributed by atoms with Gasteiger partial charge < -0.3 is 5.11 Å². The van der Waals surface area contributed by atoms with Crippen molar-refractivity contribution in [3.8, 4) is 5.75 Å². The predicted molar refractivity (Wildman–Crippen MR) is 53.9 cm³/mol. The zero-order valence-corrected chi connectivity index (χ0v) is 9.52. The summed E-state index contributed by atoms with van der Waals surface area (Å²) < 4.78 is 13.1. The van der Waals surface area contributed by atoms with Gasteiger partial charge in [-0.15, -0.1) is 0 Å². The van der Waals surface area contributed by atoms with Gasteiger partial charge in [0.1, 0.15) is 11.6 Å². The Bertz CT molecular complexity index is 352. The third kappa shape index (κ3) is 2.28. The summed E-state index contributed by atoms with van der Waals surface area (Å²) in [6.07, 6.45) is 0. The van der Waals surface area contributed by atoms with E-state index in [4.69, 9.17) is 0 Å². The van der Waals surface area contributed by atoms with Crippen molar-refractivity contribution in [3.63, 3.8) is 0 Å². The van der Waals surface area contributed by atoms with E-state index < -0.39 is 5.82 Å². The smallest absolute Gasteiger partial charge is 0.177 e. The largest absolute Gasteiger partial charge is 0.507 e. The van der Waals surface area contributed by atoms with Crippen LogP contribution in [0.1, 0.15) is 10.4 Å². The van der Waals surface area contributed by atoms with E-state index in [2.05, 4.69) is 31.9 Å². The van der Waals surface area contributed by atoms with E-state index in [1.165, 1.54) is 0 Å². The molecule has 5 heteroatoms. The molecule has 0 bridgehead atoms. The molecule has 0 aliphatic heterocycles. The minimum atomic E-state index is -0.568. The number of phenolic OH excluding ortho intramolecular Hbond substituents is 1. The maximum atomic E-state index is 12.9. The fourth-order valence-electron chi connectivity index (χ4n) is 0.832. The van der Waals surface area contributed by atoms with E-state index in [1.807, 2.05) is 0 Å². The van der Waals surface area contributed by atoms with Crippen molar-refractivity contribution in [2.24, 2.45) is 0 Å². The molecule has 1 rings (SSSR count). The molecule has 0 unspecified atom stereocenters. The van der Waals surface area contributed by atoms with Crippen LogP contribution in [0.4, 0.5) is 4.39 Å². The number of alkyl halides is 1. The maximum Gasteiger partial charge on any atom is 0.177 e. The summed E-state index contributed by atoms with van der Waals surface area (Å²) in [6, 6.07) is 2.16. The monoisotopic (exact) mass is 310 g/mol. The number of carbonyl (C=O) groups is 1. The molecule has 0 heterocycles. The number of benzene rings is 1. The lowest BCUT2D eigenvalue weighted by atomic mass is 10.1. The Kier molecular flexibility index (Phi) is 3.44. The summed E-state index contributed by atoms with van der Waals surface area (Å²) in [5, 5.41) is 9.34. The second-order valence-electron chi connectivity index (χ2n) is 2.34. The minimum absolute atomic E-state index is 0.0161. The quantitative estimate of drug-likeness (QED) is 0.673. The van der Waals surface area contributed by atoms with Gasteiger partial charge in [-0.2, -0.15) is 0 Å². The van der Waals surface area contributed by atoms with E-state index in [0.29, 0.717) is 0 Å². The summed E-state index contributed by atoms with van der Waals surface area (Å²) >= 11 is 5.83. The molecule has 0 fully saturated rings. The van der Waals surface area contributed by atoms with Gasteiger partial charge in [-0.1, -0.05) is 15.9 Å². The summed E-state index contributed by atoms with van der Waals surface area (Å²) in [5.41, 5.74) is -0.0161. The first-order valence-electron chi connectivity index (χ1n) is 3.33. The molecule has 0 aromatic heterocycles. The van der Waals surface area contributed by atoms with E-state index in [1.54, 1.807) is 0 Å². The van der Waals surface area contributed by atoms with Crippen LogP contribution in [0.3, 0.4) is 0 Å². The molecule has 0 saturated carbocycles. The molecule has 0 aliphatic carbocycles. The van der Waals surface area contributed by atoms with Crippen LogP contribution in [-0.4, -0.2) is 16.2 Å². The molecule has 70 valence electrons. The van der Waals surface area contributed by atoms with Crippen molar-refractivity contribution < 1.29 is 14.3 Å². The molecule has 0 atom stereocenters. The predicted octanol–water partition coefficient (Wildman–Crippen LogP) is 2.87. The Labute approximate surface area is 91.0 Å². The summed E-state index contributed by atoms with van der Waals surface area (Å²) in [6.45, 7) is 0. The minimum Gasteiger partial charge on any atom is -0.507 e. The fourth-order valence-corrected chi connectivity index (χ4v) is 1.47. The molecular weight excluding hydrogens is 307 g/mol. The van der Waals surface area contributed by atoms with Crippen molar-refractivity contribution in [1.29, 1.82) is 0 Å². The van der Waals surface area contributed by atoms with Crippen LogP contribution in [0.5, 0.6) is 5.75 Å².